The van der Waals surface area contributed by atoms with E-state index < -0.39 is 0 Å². The Kier molecular flexibility index (Phi) is 3.68. The summed E-state index contributed by atoms with van der Waals surface area (Å²) in [5.74, 6) is -0.241. The first-order chi connectivity index (χ1) is 11.8. The molecule has 118 valence electrons. The fourth-order valence-electron chi connectivity index (χ4n) is 2.30. The predicted octanol–water partition coefficient (Wildman–Crippen LogP) is 4.02. The maximum atomic E-state index is 12.3. The first-order valence-corrected chi connectivity index (χ1v) is 8.18. The van der Waals surface area contributed by atoms with E-state index in [4.69, 9.17) is 0 Å². The Bertz CT molecular complexity index is 992. The third-order valence-electron chi connectivity index (χ3n) is 3.46. The second-order valence-electron chi connectivity index (χ2n) is 5.16. The van der Waals surface area contributed by atoms with Gasteiger partial charge in [-0.05, 0) is 30.3 Å². The van der Waals surface area contributed by atoms with Crippen molar-refractivity contribution in [1.29, 1.82) is 0 Å². The molecule has 2 aromatic heterocycles. The van der Waals surface area contributed by atoms with Gasteiger partial charge in [-0.2, -0.15) is 5.10 Å². The van der Waals surface area contributed by atoms with E-state index in [9.17, 15) is 4.79 Å². The largest absolute Gasteiger partial charge is 0.332 e. The van der Waals surface area contributed by atoms with E-state index in [-0.39, 0.29) is 5.91 Å². The summed E-state index contributed by atoms with van der Waals surface area (Å²) in [7, 11) is 0. The van der Waals surface area contributed by atoms with Gasteiger partial charge in [0.2, 0.25) is 0 Å². The van der Waals surface area contributed by atoms with E-state index >= 15 is 0 Å². The molecule has 24 heavy (non-hydrogen) atoms. The van der Waals surface area contributed by atoms with E-state index in [1.165, 1.54) is 11.3 Å². The predicted molar refractivity (Wildman–Crippen MR) is 95.9 cm³/mol. The van der Waals surface area contributed by atoms with Crippen LogP contribution in [0.2, 0.25) is 0 Å². The van der Waals surface area contributed by atoms with E-state index in [1.807, 2.05) is 48.5 Å². The summed E-state index contributed by atoms with van der Waals surface area (Å²) in [4.78, 5) is 16.7. The van der Waals surface area contributed by atoms with Crippen LogP contribution in [0.5, 0.6) is 0 Å². The Labute approximate surface area is 141 Å². The molecule has 6 nitrogen and oxygen atoms in total. The number of hydrogen-bond donors (Lipinski definition) is 3. The van der Waals surface area contributed by atoms with Crippen LogP contribution < -0.4 is 10.6 Å². The molecule has 0 unspecified atom stereocenters. The van der Waals surface area contributed by atoms with Crippen LogP contribution in [0.15, 0.2) is 60.1 Å². The van der Waals surface area contributed by atoms with Crippen LogP contribution in [-0.4, -0.2) is 21.1 Å². The van der Waals surface area contributed by atoms with Crippen molar-refractivity contribution in [3.8, 4) is 0 Å². The molecule has 0 saturated heterocycles. The molecular formula is C17H13N5OS. The van der Waals surface area contributed by atoms with E-state index in [1.54, 1.807) is 11.6 Å². The minimum Gasteiger partial charge on any atom is -0.332 e. The Morgan fingerprint density at radius 1 is 1.08 bits per heavy atom. The molecule has 1 amide bonds. The highest BCUT2D eigenvalue weighted by atomic mass is 32.1. The van der Waals surface area contributed by atoms with Crippen LogP contribution in [0, 0.1) is 0 Å². The van der Waals surface area contributed by atoms with Crippen molar-refractivity contribution in [2.75, 3.05) is 10.6 Å². The lowest BCUT2D eigenvalue weighted by Crippen LogP contribution is -2.12. The molecule has 0 aliphatic heterocycles. The number of aromatic amines is 1. The van der Waals surface area contributed by atoms with E-state index in [0.29, 0.717) is 16.5 Å². The lowest BCUT2D eigenvalue weighted by atomic mass is 10.2. The lowest BCUT2D eigenvalue weighted by molar-refractivity contribution is 0.102. The maximum absolute atomic E-state index is 12.3. The van der Waals surface area contributed by atoms with Crippen LogP contribution in [0.4, 0.5) is 16.5 Å². The molecule has 3 N–H and O–H groups in total. The molecule has 4 aromatic rings. The minimum atomic E-state index is -0.241. The number of nitrogens with zero attached hydrogens (tertiary/aromatic N) is 2. The Morgan fingerprint density at radius 2 is 1.96 bits per heavy atom. The van der Waals surface area contributed by atoms with Crippen molar-refractivity contribution in [3.05, 3.63) is 65.8 Å². The summed E-state index contributed by atoms with van der Waals surface area (Å²) in [6.07, 6.45) is 1.72. The number of para-hydroxylation sites is 1. The number of amides is 1. The fourth-order valence-corrected chi connectivity index (χ4v) is 3.01. The van der Waals surface area contributed by atoms with Gasteiger partial charge in [0.15, 0.2) is 5.13 Å². The van der Waals surface area contributed by atoms with Gasteiger partial charge in [0.1, 0.15) is 5.69 Å². The van der Waals surface area contributed by atoms with Crippen LogP contribution in [0.1, 0.15) is 10.5 Å². The molecule has 0 saturated carbocycles. The van der Waals surface area contributed by atoms with Crippen molar-refractivity contribution in [3.63, 3.8) is 0 Å². The van der Waals surface area contributed by atoms with Crippen molar-refractivity contribution < 1.29 is 4.79 Å². The summed E-state index contributed by atoms with van der Waals surface area (Å²) in [5, 5.41) is 16.2. The van der Waals surface area contributed by atoms with Crippen LogP contribution in [-0.2, 0) is 0 Å². The molecule has 2 heterocycles. The standard InChI is InChI=1S/C17H13N5OS/c23-16(19-13-6-7-14-11(8-13)9-18-22-14)15-10-24-17(21-15)20-12-4-2-1-3-5-12/h1-10H,(H,18,22)(H,19,23)(H,20,21). The quantitative estimate of drug-likeness (QED) is 0.526. The lowest BCUT2D eigenvalue weighted by Gasteiger charge is -2.03. The van der Waals surface area contributed by atoms with Crippen molar-refractivity contribution in [2.45, 2.75) is 0 Å². The number of hydrogen-bond acceptors (Lipinski definition) is 5. The highest BCUT2D eigenvalue weighted by Crippen LogP contribution is 2.22. The molecular weight excluding hydrogens is 322 g/mol. The molecule has 0 atom stereocenters. The first-order valence-electron chi connectivity index (χ1n) is 7.30. The third kappa shape index (κ3) is 2.97. The average Bonchev–Trinajstić information content (AvgIpc) is 3.24. The maximum Gasteiger partial charge on any atom is 0.275 e. The molecule has 0 aliphatic rings. The molecule has 0 spiro atoms. The highest BCUT2D eigenvalue weighted by molar-refractivity contribution is 7.14. The summed E-state index contributed by atoms with van der Waals surface area (Å²) in [5.41, 5.74) is 2.95. The third-order valence-corrected chi connectivity index (χ3v) is 4.22. The number of rotatable bonds is 4. The molecule has 0 bridgehead atoms. The fraction of sp³-hybridized carbons (Fsp3) is 0. The zero-order valence-electron chi connectivity index (χ0n) is 12.5. The van der Waals surface area contributed by atoms with Crippen LogP contribution >= 0.6 is 11.3 Å². The number of anilines is 3. The Morgan fingerprint density at radius 3 is 2.83 bits per heavy atom. The van der Waals surface area contributed by atoms with Crippen molar-refractivity contribution in [2.24, 2.45) is 0 Å². The van der Waals surface area contributed by atoms with Crippen molar-refractivity contribution >= 4 is 44.7 Å². The van der Waals surface area contributed by atoms with Gasteiger partial charge in [-0.15, -0.1) is 11.3 Å². The molecule has 0 aliphatic carbocycles. The molecule has 0 fully saturated rings. The van der Waals surface area contributed by atoms with Gasteiger partial charge in [-0.1, -0.05) is 18.2 Å². The summed E-state index contributed by atoms with van der Waals surface area (Å²) >= 11 is 1.39. The van der Waals surface area contributed by atoms with Gasteiger partial charge in [0, 0.05) is 22.1 Å². The van der Waals surface area contributed by atoms with Gasteiger partial charge in [-0.3, -0.25) is 9.89 Å². The molecule has 7 heteroatoms. The van der Waals surface area contributed by atoms with Gasteiger partial charge in [0.05, 0.1) is 11.7 Å². The average molecular weight is 335 g/mol. The van der Waals surface area contributed by atoms with Crippen LogP contribution in [0.25, 0.3) is 10.9 Å². The Balaban J connectivity index is 1.48. The number of benzene rings is 2. The second kappa shape index (κ2) is 6.13. The summed E-state index contributed by atoms with van der Waals surface area (Å²) in [6, 6.07) is 15.3. The number of aromatic nitrogens is 3. The SMILES string of the molecule is O=C(Nc1ccc2[nH]ncc2c1)c1csc(Nc2ccccc2)n1. The number of thiazole rings is 1. The Hall–Kier alpha value is -3.19. The van der Waals surface area contributed by atoms with E-state index in [0.717, 1.165) is 16.6 Å². The monoisotopic (exact) mass is 335 g/mol. The molecule has 4 rings (SSSR count). The normalized spacial score (nSPS) is 10.7. The van der Waals surface area contributed by atoms with Crippen LogP contribution in [0.3, 0.4) is 0 Å². The van der Waals surface area contributed by atoms with E-state index in [2.05, 4.69) is 25.8 Å². The minimum absolute atomic E-state index is 0.241. The zero-order valence-corrected chi connectivity index (χ0v) is 13.3. The first kappa shape index (κ1) is 14.4. The number of H-pyrrole nitrogens is 1. The second-order valence-corrected chi connectivity index (χ2v) is 6.01. The number of carbonyl (C=O) groups excluding carboxylic acids is 1. The highest BCUT2D eigenvalue weighted by Gasteiger charge is 2.11. The molecule has 0 radical (unpaired) electrons. The van der Waals surface area contributed by atoms with Gasteiger partial charge < -0.3 is 10.6 Å². The number of nitrogens with one attached hydrogen (secondary N) is 3. The number of fused-ring (bicyclic) bond motifs is 1. The summed E-state index contributed by atoms with van der Waals surface area (Å²) < 4.78 is 0. The molecule has 2 aromatic carbocycles. The summed E-state index contributed by atoms with van der Waals surface area (Å²) in [6.45, 7) is 0. The number of carbonyl (C=O) groups is 1. The van der Waals surface area contributed by atoms with Gasteiger partial charge in [0.25, 0.3) is 5.91 Å². The smallest absolute Gasteiger partial charge is 0.275 e. The van der Waals surface area contributed by atoms with Crippen molar-refractivity contribution in [1.82, 2.24) is 15.2 Å². The van der Waals surface area contributed by atoms with Gasteiger partial charge in [-0.25, -0.2) is 4.98 Å². The topological polar surface area (TPSA) is 82.7 Å². The van der Waals surface area contributed by atoms with Gasteiger partial charge >= 0.3 is 0 Å². The zero-order chi connectivity index (χ0) is 16.4.